The quantitative estimate of drug-likeness (QED) is 0.879. The highest BCUT2D eigenvalue weighted by Crippen LogP contribution is 2.29. The van der Waals surface area contributed by atoms with E-state index < -0.39 is 10.0 Å². The number of rotatable bonds is 3. The van der Waals surface area contributed by atoms with Crippen LogP contribution in [0.1, 0.15) is 5.56 Å². The third kappa shape index (κ3) is 3.20. The highest BCUT2D eigenvalue weighted by Gasteiger charge is 2.41. The molecule has 0 bridgehead atoms. The van der Waals surface area contributed by atoms with Crippen LogP contribution in [-0.2, 0) is 16.6 Å². The molecule has 0 radical (unpaired) electrons. The molecule has 132 valence electrons. The fraction of sp³-hybridized carbons (Fsp3) is 0.353. The van der Waals surface area contributed by atoms with E-state index in [0.717, 1.165) is 17.9 Å². The Morgan fingerprint density at radius 1 is 1.28 bits per heavy atom. The molecular weight excluding hydrogens is 342 g/mol. The van der Waals surface area contributed by atoms with Crippen molar-refractivity contribution in [1.82, 2.24) is 14.6 Å². The number of fused-ring (bicyclic) bond motifs is 2. The minimum Gasteiger partial charge on any atom is -0.497 e. The number of ether oxygens (including phenoxy) is 2. The van der Waals surface area contributed by atoms with E-state index in [4.69, 9.17) is 9.47 Å². The average molecular weight is 361 g/mol. The number of pyridine rings is 1. The number of likely N-dealkylation sites (tertiary alicyclic amines) is 1. The lowest BCUT2D eigenvalue weighted by atomic mass is 10.2. The molecule has 3 heterocycles. The van der Waals surface area contributed by atoms with Crippen molar-refractivity contribution in [3.8, 4) is 11.6 Å². The SMILES string of the molecule is COc1ccc(CN2C[C@@H]3Oc4ncccc4S(=O)(=O)N[C@@H]3C2)cc1. The molecule has 1 aromatic carbocycles. The Morgan fingerprint density at radius 2 is 2.08 bits per heavy atom. The van der Waals surface area contributed by atoms with Crippen LogP contribution in [-0.4, -0.2) is 50.6 Å². The van der Waals surface area contributed by atoms with Crippen molar-refractivity contribution in [2.75, 3.05) is 20.2 Å². The molecule has 0 amide bonds. The second kappa shape index (κ2) is 6.29. The van der Waals surface area contributed by atoms with Crippen LogP contribution in [0.15, 0.2) is 47.5 Å². The van der Waals surface area contributed by atoms with Crippen LogP contribution < -0.4 is 14.2 Å². The number of sulfonamides is 1. The van der Waals surface area contributed by atoms with Gasteiger partial charge in [-0.2, -0.15) is 0 Å². The molecule has 4 rings (SSSR count). The van der Waals surface area contributed by atoms with Crippen LogP contribution >= 0.6 is 0 Å². The van der Waals surface area contributed by atoms with Crippen LogP contribution in [0.2, 0.25) is 0 Å². The molecule has 1 fully saturated rings. The molecular formula is C17H19N3O4S. The summed E-state index contributed by atoms with van der Waals surface area (Å²) < 4.78 is 38.8. The van der Waals surface area contributed by atoms with E-state index in [-0.39, 0.29) is 22.9 Å². The van der Waals surface area contributed by atoms with Crippen molar-refractivity contribution in [2.45, 2.75) is 23.6 Å². The fourth-order valence-electron chi connectivity index (χ4n) is 3.28. The van der Waals surface area contributed by atoms with Gasteiger partial charge in [0, 0.05) is 25.8 Å². The molecule has 0 unspecified atom stereocenters. The topological polar surface area (TPSA) is 80.8 Å². The van der Waals surface area contributed by atoms with E-state index in [9.17, 15) is 8.42 Å². The van der Waals surface area contributed by atoms with Gasteiger partial charge in [-0.05, 0) is 29.8 Å². The first-order valence-electron chi connectivity index (χ1n) is 8.04. The lowest BCUT2D eigenvalue weighted by Crippen LogP contribution is -2.42. The van der Waals surface area contributed by atoms with Gasteiger partial charge in [0.25, 0.3) is 0 Å². The Labute approximate surface area is 146 Å². The minimum atomic E-state index is -3.62. The van der Waals surface area contributed by atoms with Gasteiger partial charge in [-0.25, -0.2) is 18.1 Å². The largest absolute Gasteiger partial charge is 0.497 e. The maximum absolute atomic E-state index is 12.5. The lowest BCUT2D eigenvalue weighted by molar-refractivity contribution is 0.176. The molecule has 2 aromatic rings. The highest BCUT2D eigenvalue weighted by atomic mass is 32.2. The third-order valence-corrected chi connectivity index (χ3v) is 6.01. The van der Waals surface area contributed by atoms with Crippen molar-refractivity contribution in [2.24, 2.45) is 0 Å². The molecule has 0 aliphatic carbocycles. The second-order valence-electron chi connectivity index (χ2n) is 6.23. The van der Waals surface area contributed by atoms with Gasteiger partial charge in [-0.15, -0.1) is 0 Å². The molecule has 1 saturated heterocycles. The number of nitrogens with zero attached hydrogens (tertiary/aromatic N) is 2. The molecule has 25 heavy (non-hydrogen) atoms. The Kier molecular flexibility index (Phi) is 4.10. The standard InChI is InChI=1S/C17H19N3O4S/c1-23-13-6-4-12(5-7-13)9-20-10-14-15(11-20)24-17-16(3-2-8-18-17)25(21,22)19-14/h2-8,14-15,19H,9-11H2,1H3/t14-,15+/m1/s1. The van der Waals surface area contributed by atoms with Gasteiger partial charge in [-0.3, -0.25) is 4.90 Å². The average Bonchev–Trinajstić information content (AvgIpc) is 2.91. The smallest absolute Gasteiger partial charge is 0.246 e. The summed E-state index contributed by atoms with van der Waals surface area (Å²) in [5.74, 6) is 0.989. The molecule has 8 heteroatoms. The van der Waals surface area contributed by atoms with Crippen molar-refractivity contribution >= 4 is 10.0 Å². The zero-order valence-electron chi connectivity index (χ0n) is 13.8. The van der Waals surface area contributed by atoms with E-state index in [0.29, 0.717) is 13.1 Å². The maximum Gasteiger partial charge on any atom is 0.246 e. The van der Waals surface area contributed by atoms with Gasteiger partial charge in [0.1, 0.15) is 16.7 Å². The van der Waals surface area contributed by atoms with E-state index in [1.54, 1.807) is 19.4 Å². The van der Waals surface area contributed by atoms with Gasteiger partial charge in [-0.1, -0.05) is 12.1 Å². The molecule has 2 aliphatic rings. The summed E-state index contributed by atoms with van der Waals surface area (Å²) in [7, 11) is -1.98. The second-order valence-corrected chi connectivity index (χ2v) is 7.92. The van der Waals surface area contributed by atoms with Crippen LogP contribution in [0, 0.1) is 0 Å². The highest BCUT2D eigenvalue weighted by molar-refractivity contribution is 7.89. The first kappa shape index (κ1) is 16.3. The van der Waals surface area contributed by atoms with Crippen molar-refractivity contribution in [3.05, 3.63) is 48.2 Å². The third-order valence-electron chi connectivity index (χ3n) is 4.50. The summed E-state index contributed by atoms with van der Waals surface area (Å²) in [6, 6.07) is 10.7. The number of aromatic nitrogens is 1. The lowest BCUT2D eigenvalue weighted by Gasteiger charge is -2.17. The Morgan fingerprint density at radius 3 is 2.84 bits per heavy atom. The normalized spacial score (nSPS) is 24.7. The molecule has 0 spiro atoms. The molecule has 1 aromatic heterocycles. The summed E-state index contributed by atoms with van der Waals surface area (Å²) in [5, 5.41) is 0. The zero-order chi connectivity index (χ0) is 17.4. The molecule has 7 nitrogen and oxygen atoms in total. The van der Waals surface area contributed by atoms with Gasteiger partial charge in [0.05, 0.1) is 13.2 Å². The van der Waals surface area contributed by atoms with Gasteiger partial charge in [0.15, 0.2) is 0 Å². The predicted molar refractivity (Wildman–Crippen MR) is 91.0 cm³/mol. The van der Waals surface area contributed by atoms with E-state index in [1.165, 1.54) is 6.07 Å². The number of methoxy groups -OCH3 is 1. The molecule has 0 saturated carbocycles. The zero-order valence-corrected chi connectivity index (χ0v) is 14.6. The van der Waals surface area contributed by atoms with Crippen LogP contribution in [0.25, 0.3) is 0 Å². The number of hydrogen-bond acceptors (Lipinski definition) is 6. The van der Waals surface area contributed by atoms with E-state index >= 15 is 0 Å². The summed E-state index contributed by atoms with van der Waals surface area (Å²) in [4.78, 5) is 6.37. The van der Waals surface area contributed by atoms with Crippen molar-refractivity contribution < 1.29 is 17.9 Å². The van der Waals surface area contributed by atoms with Crippen molar-refractivity contribution in [1.29, 1.82) is 0 Å². The number of hydrogen-bond donors (Lipinski definition) is 1. The summed E-state index contributed by atoms with van der Waals surface area (Å²) >= 11 is 0. The molecule has 2 atom stereocenters. The minimum absolute atomic E-state index is 0.103. The molecule has 2 aliphatic heterocycles. The van der Waals surface area contributed by atoms with Crippen molar-refractivity contribution in [3.63, 3.8) is 0 Å². The Bertz CT molecular complexity index is 870. The first-order valence-corrected chi connectivity index (χ1v) is 9.53. The summed E-state index contributed by atoms with van der Waals surface area (Å²) in [6.45, 7) is 1.94. The number of benzene rings is 1. The van der Waals surface area contributed by atoms with Crippen LogP contribution in [0.4, 0.5) is 0 Å². The van der Waals surface area contributed by atoms with Gasteiger partial charge >= 0.3 is 0 Å². The monoisotopic (exact) mass is 361 g/mol. The Hall–Kier alpha value is -2.16. The Balaban J connectivity index is 1.52. The summed E-state index contributed by atoms with van der Waals surface area (Å²) in [6.07, 6.45) is 1.28. The summed E-state index contributed by atoms with van der Waals surface area (Å²) in [5.41, 5.74) is 1.14. The van der Waals surface area contributed by atoms with E-state index in [2.05, 4.69) is 14.6 Å². The van der Waals surface area contributed by atoms with Crippen LogP contribution in [0.5, 0.6) is 11.6 Å². The van der Waals surface area contributed by atoms with Crippen LogP contribution in [0.3, 0.4) is 0 Å². The van der Waals surface area contributed by atoms with Gasteiger partial charge in [0.2, 0.25) is 15.9 Å². The maximum atomic E-state index is 12.5. The number of nitrogens with one attached hydrogen (secondary N) is 1. The van der Waals surface area contributed by atoms with Gasteiger partial charge < -0.3 is 9.47 Å². The fourth-order valence-corrected chi connectivity index (χ4v) is 4.62. The predicted octanol–water partition coefficient (Wildman–Crippen LogP) is 1.01. The first-order chi connectivity index (χ1) is 12.0. The molecule has 1 N–H and O–H groups in total. The van der Waals surface area contributed by atoms with E-state index in [1.807, 2.05) is 24.3 Å².